The Morgan fingerprint density at radius 1 is 1.26 bits per heavy atom. The predicted octanol–water partition coefficient (Wildman–Crippen LogP) is 0.945. The standard InChI is InChI=1S/C15H21NO6S/c1-2-9-22-15(18)13(8-10-23(19,20)21)16-14(17)11-12-6-4-3-5-7-12/h3-7,13H,2,8-11H2,1H3,(H,16,17)(H,19,20,21)/t13-/m0/s1. The Bertz CT molecular complexity index is 614. The Labute approximate surface area is 135 Å². The van der Waals surface area contributed by atoms with E-state index >= 15 is 0 Å². The van der Waals surface area contributed by atoms with Gasteiger partial charge in [-0.3, -0.25) is 9.35 Å². The maximum absolute atomic E-state index is 12.0. The van der Waals surface area contributed by atoms with E-state index in [0.717, 1.165) is 5.56 Å². The van der Waals surface area contributed by atoms with Crippen molar-refractivity contribution in [2.24, 2.45) is 0 Å². The molecule has 1 amide bonds. The summed E-state index contributed by atoms with van der Waals surface area (Å²) in [5.41, 5.74) is 0.764. The molecule has 0 spiro atoms. The number of rotatable bonds is 9. The average molecular weight is 343 g/mol. The maximum atomic E-state index is 12.0. The molecule has 1 atom stereocenters. The lowest BCUT2D eigenvalue weighted by Crippen LogP contribution is -2.43. The minimum absolute atomic E-state index is 0.0598. The molecule has 0 aliphatic heterocycles. The first-order valence-electron chi connectivity index (χ1n) is 7.27. The molecule has 2 N–H and O–H groups in total. The second-order valence-corrected chi connectivity index (χ2v) is 6.60. The van der Waals surface area contributed by atoms with Gasteiger partial charge in [-0.15, -0.1) is 0 Å². The van der Waals surface area contributed by atoms with Gasteiger partial charge in [0.25, 0.3) is 10.1 Å². The number of benzene rings is 1. The van der Waals surface area contributed by atoms with Gasteiger partial charge < -0.3 is 10.1 Å². The Morgan fingerprint density at radius 3 is 2.48 bits per heavy atom. The smallest absolute Gasteiger partial charge is 0.328 e. The third-order valence-electron chi connectivity index (χ3n) is 2.94. The van der Waals surface area contributed by atoms with Crippen molar-refractivity contribution >= 4 is 22.0 Å². The van der Waals surface area contributed by atoms with Gasteiger partial charge in [-0.25, -0.2) is 4.79 Å². The second-order valence-electron chi connectivity index (χ2n) is 5.02. The van der Waals surface area contributed by atoms with E-state index in [1.54, 1.807) is 24.3 Å². The molecule has 0 fully saturated rings. The molecule has 128 valence electrons. The molecular formula is C15H21NO6S. The fraction of sp³-hybridized carbons (Fsp3) is 0.467. The number of esters is 1. The first kappa shape index (κ1) is 19.1. The molecule has 0 aliphatic rings. The molecule has 0 radical (unpaired) electrons. The molecule has 0 aromatic heterocycles. The van der Waals surface area contributed by atoms with Crippen LogP contribution in [0.1, 0.15) is 25.3 Å². The minimum atomic E-state index is -4.23. The van der Waals surface area contributed by atoms with Crippen LogP contribution in [0.5, 0.6) is 0 Å². The highest BCUT2D eigenvalue weighted by Gasteiger charge is 2.24. The van der Waals surface area contributed by atoms with Gasteiger partial charge in [0.2, 0.25) is 5.91 Å². The first-order valence-corrected chi connectivity index (χ1v) is 8.88. The van der Waals surface area contributed by atoms with E-state index in [9.17, 15) is 18.0 Å². The SMILES string of the molecule is CCCOC(=O)[C@H](CCS(=O)(=O)O)NC(=O)Cc1ccccc1. The zero-order valence-corrected chi connectivity index (χ0v) is 13.7. The van der Waals surface area contributed by atoms with Crippen LogP contribution in [0.25, 0.3) is 0 Å². The quantitative estimate of drug-likeness (QED) is 0.510. The number of hydrogen-bond acceptors (Lipinski definition) is 5. The van der Waals surface area contributed by atoms with Crippen LogP contribution < -0.4 is 5.32 Å². The van der Waals surface area contributed by atoms with Crippen LogP contribution in [0.15, 0.2) is 30.3 Å². The van der Waals surface area contributed by atoms with Crippen molar-refractivity contribution < 1.29 is 27.3 Å². The summed E-state index contributed by atoms with van der Waals surface area (Å²) < 4.78 is 35.4. The average Bonchev–Trinajstić information content (AvgIpc) is 2.49. The Morgan fingerprint density at radius 2 is 1.91 bits per heavy atom. The van der Waals surface area contributed by atoms with Crippen LogP contribution in [0, 0.1) is 0 Å². The van der Waals surface area contributed by atoms with Gasteiger partial charge in [0.1, 0.15) is 6.04 Å². The van der Waals surface area contributed by atoms with Crippen LogP contribution in [0.4, 0.5) is 0 Å². The van der Waals surface area contributed by atoms with E-state index in [1.165, 1.54) is 0 Å². The lowest BCUT2D eigenvalue weighted by molar-refractivity contribution is -0.147. The second kappa shape index (κ2) is 9.26. The number of carbonyl (C=O) groups is 2. The summed E-state index contributed by atoms with van der Waals surface area (Å²) >= 11 is 0. The van der Waals surface area contributed by atoms with E-state index in [0.29, 0.717) is 6.42 Å². The van der Waals surface area contributed by atoms with Gasteiger partial charge in [0, 0.05) is 0 Å². The zero-order chi connectivity index (χ0) is 17.3. The van der Waals surface area contributed by atoms with E-state index in [2.05, 4.69) is 5.32 Å². The molecule has 0 saturated carbocycles. The molecular weight excluding hydrogens is 322 g/mol. The summed E-state index contributed by atoms with van der Waals surface area (Å²) in [5.74, 6) is -1.77. The highest BCUT2D eigenvalue weighted by Crippen LogP contribution is 2.03. The lowest BCUT2D eigenvalue weighted by atomic mass is 10.1. The number of hydrogen-bond donors (Lipinski definition) is 2. The summed E-state index contributed by atoms with van der Waals surface area (Å²) in [4.78, 5) is 23.9. The van der Waals surface area contributed by atoms with Gasteiger partial charge >= 0.3 is 5.97 Å². The molecule has 8 heteroatoms. The maximum Gasteiger partial charge on any atom is 0.328 e. The molecule has 0 unspecified atom stereocenters. The molecule has 0 heterocycles. The Hall–Kier alpha value is -1.93. The first-order chi connectivity index (χ1) is 10.8. The lowest BCUT2D eigenvalue weighted by Gasteiger charge is -2.17. The van der Waals surface area contributed by atoms with Crippen LogP contribution >= 0.6 is 0 Å². The summed E-state index contributed by atoms with van der Waals surface area (Å²) in [6.45, 7) is 1.99. The van der Waals surface area contributed by atoms with E-state index < -0.39 is 33.8 Å². The van der Waals surface area contributed by atoms with E-state index in [-0.39, 0.29) is 19.4 Å². The Balaban J connectivity index is 2.66. The molecule has 1 rings (SSSR count). The van der Waals surface area contributed by atoms with Gasteiger partial charge in [-0.1, -0.05) is 37.3 Å². The monoisotopic (exact) mass is 343 g/mol. The molecule has 0 saturated heterocycles. The predicted molar refractivity (Wildman–Crippen MR) is 84.4 cm³/mol. The summed E-state index contributed by atoms with van der Waals surface area (Å²) in [7, 11) is -4.23. The zero-order valence-electron chi connectivity index (χ0n) is 12.9. The fourth-order valence-corrected chi connectivity index (χ4v) is 2.38. The third-order valence-corrected chi connectivity index (χ3v) is 3.69. The number of amides is 1. The topological polar surface area (TPSA) is 110 Å². The van der Waals surface area contributed by atoms with Gasteiger partial charge in [-0.2, -0.15) is 8.42 Å². The normalized spacial score (nSPS) is 12.4. The molecule has 7 nitrogen and oxygen atoms in total. The van der Waals surface area contributed by atoms with Crippen molar-refractivity contribution in [2.75, 3.05) is 12.4 Å². The molecule has 0 bridgehead atoms. The summed E-state index contributed by atoms with van der Waals surface area (Å²) in [6, 6.07) is 7.81. The van der Waals surface area contributed by atoms with Crippen molar-refractivity contribution in [2.45, 2.75) is 32.2 Å². The van der Waals surface area contributed by atoms with Crippen molar-refractivity contribution in [3.63, 3.8) is 0 Å². The largest absolute Gasteiger partial charge is 0.464 e. The number of carbonyl (C=O) groups excluding carboxylic acids is 2. The Kier molecular flexibility index (Phi) is 7.70. The fourth-order valence-electron chi connectivity index (χ4n) is 1.85. The molecule has 1 aromatic carbocycles. The molecule has 0 aliphatic carbocycles. The van der Waals surface area contributed by atoms with Gasteiger partial charge in [0.15, 0.2) is 0 Å². The van der Waals surface area contributed by atoms with Crippen molar-refractivity contribution in [1.29, 1.82) is 0 Å². The van der Waals surface area contributed by atoms with E-state index in [1.807, 2.05) is 13.0 Å². The number of ether oxygens (including phenoxy) is 1. The third kappa shape index (κ3) is 8.32. The highest BCUT2D eigenvalue weighted by atomic mass is 32.2. The van der Waals surface area contributed by atoms with Crippen LogP contribution in [0.2, 0.25) is 0 Å². The highest BCUT2D eigenvalue weighted by molar-refractivity contribution is 7.85. The summed E-state index contributed by atoms with van der Waals surface area (Å²) in [6.07, 6.45) is 0.418. The van der Waals surface area contributed by atoms with Crippen LogP contribution in [-0.4, -0.2) is 43.2 Å². The van der Waals surface area contributed by atoms with Crippen LogP contribution in [-0.2, 0) is 30.9 Å². The van der Waals surface area contributed by atoms with Gasteiger partial charge in [0.05, 0.1) is 18.8 Å². The minimum Gasteiger partial charge on any atom is -0.464 e. The molecule has 1 aromatic rings. The van der Waals surface area contributed by atoms with E-state index in [4.69, 9.17) is 9.29 Å². The molecule has 23 heavy (non-hydrogen) atoms. The van der Waals surface area contributed by atoms with Crippen LogP contribution in [0.3, 0.4) is 0 Å². The van der Waals surface area contributed by atoms with Crippen molar-refractivity contribution in [3.8, 4) is 0 Å². The van der Waals surface area contributed by atoms with Crippen molar-refractivity contribution in [3.05, 3.63) is 35.9 Å². The summed E-state index contributed by atoms with van der Waals surface area (Å²) in [5, 5.41) is 2.46. The van der Waals surface area contributed by atoms with Crippen molar-refractivity contribution in [1.82, 2.24) is 5.32 Å². The number of nitrogens with one attached hydrogen (secondary N) is 1. The van der Waals surface area contributed by atoms with Gasteiger partial charge in [-0.05, 0) is 18.4 Å².